The molecule has 2 N–H and O–H groups in total. The Balaban J connectivity index is 1.69. The van der Waals surface area contributed by atoms with Crippen molar-refractivity contribution >= 4 is 11.6 Å². The van der Waals surface area contributed by atoms with Crippen LogP contribution in [0.1, 0.15) is 30.4 Å². The third-order valence-electron chi connectivity index (χ3n) is 3.67. The van der Waals surface area contributed by atoms with E-state index in [-0.39, 0.29) is 12.5 Å². The van der Waals surface area contributed by atoms with Gasteiger partial charge in [-0.05, 0) is 54.7 Å². The summed E-state index contributed by atoms with van der Waals surface area (Å²) in [6.07, 6.45) is 3.27. The van der Waals surface area contributed by atoms with Crippen LogP contribution in [0.2, 0.25) is 0 Å². The molecule has 0 bridgehead atoms. The van der Waals surface area contributed by atoms with E-state index in [1.165, 1.54) is 5.56 Å². The van der Waals surface area contributed by atoms with Gasteiger partial charge in [-0.25, -0.2) is 0 Å². The van der Waals surface area contributed by atoms with Gasteiger partial charge in [0.1, 0.15) is 5.75 Å². The van der Waals surface area contributed by atoms with Crippen molar-refractivity contribution in [2.45, 2.75) is 32.3 Å². The van der Waals surface area contributed by atoms with Crippen LogP contribution >= 0.6 is 0 Å². The summed E-state index contributed by atoms with van der Waals surface area (Å²) in [4.78, 5) is 11.9. The number of aryl methyl sites for hydroxylation is 1. The summed E-state index contributed by atoms with van der Waals surface area (Å²) in [7, 11) is 1.66. The Bertz CT molecular complexity index is 623. The minimum absolute atomic E-state index is 0.00909. The maximum atomic E-state index is 11.9. The SMILES string of the molecule is COc1ccc(CCCCC(=O)Nc2cccc(CO)c2)cc1. The number of hydrogen-bond acceptors (Lipinski definition) is 3. The number of amides is 1. The maximum absolute atomic E-state index is 11.9. The molecule has 0 aliphatic rings. The van der Waals surface area contributed by atoms with E-state index in [0.29, 0.717) is 6.42 Å². The molecule has 0 heterocycles. The summed E-state index contributed by atoms with van der Waals surface area (Å²) in [6, 6.07) is 15.3. The van der Waals surface area contributed by atoms with Crippen LogP contribution in [0.5, 0.6) is 5.75 Å². The first-order valence-corrected chi connectivity index (χ1v) is 7.84. The Hall–Kier alpha value is -2.33. The molecule has 0 radical (unpaired) electrons. The summed E-state index contributed by atoms with van der Waals surface area (Å²) in [5.41, 5.74) is 2.78. The molecule has 0 aromatic heterocycles. The molecule has 4 nitrogen and oxygen atoms in total. The second kappa shape index (κ2) is 8.96. The Morgan fingerprint density at radius 1 is 1.09 bits per heavy atom. The highest BCUT2D eigenvalue weighted by atomic mass is 16.5. The highest BCUT2D eigenvalue weighted by Gasteiger charge is 2.03. The van der Waals surface area contributed by atoms with E-state index in [0.717, 1.165) is 36.3 Å². The predicted octanol–water partition coefficient (Wildman–Crippen LogP) is 3.54. The number of anilines is 1. The molecule has 0 spiro atoms. The molecular weight excluding hydrogens is 290 g/mol. The fraction of sp³-hybridized carbons (Fsp3) is 0.316. The van der Waals surface area contributed by atoms with Gasteiger partial charge >= 0.3 is 0 Å². The number of ether oxygens (including phenoxy) is 1. The normalized spacial score (nSPS) is 10.3. The molecule has 122 valence electrons. The molecule has 0 saturated heterocycles. The topological polar surface area (TPSA) is 58.6 Å². The number of unbranched alkanes of at least 4 members (excludes halogenated alkanes) is 1. The second-order valence-corrected chi connectivity index (χ2v) is 5.46. The molecule has 23 heavy (non-hydrogen) atoms. The monoisotopic (exact) mass is 313 g/mol. The first kappa shape index (κ1) is 17.0. The van der Waals surface area contributed by atoms with Gasteiger partial charge in [0, 0.05) is 12.1 Å². The molecule has 0 aliphatic heterocycles. The van der Waals surface area contributed by atoms with Gasteiger partial charge < -0.3 is 15.2 Å². The number of nitrogens with one attached hydrogen (secondary N) is 1. The number of aliphatic hydroxyl groups is 1. The van der Waals surface area contributed by atoms with Crippen LogP contribution in [-0.4, -0.2) is 18.1 Å². The first-order chi connectivity index (χ1) is 11.2. The lowest BCUT2D eigenvalue weighted by Gasteiger charge is -2.07. The summed E-state index contributed by atoms with van der Waals surface area (Å²) in [5.74, 6) is 0.869. The van der Waals surface area contributed by atoms with Crippen LogP contribution in [0.4, 0.5) is 5.69 Å². The van der Waals surface area contributed by atoms with Crippen LogP contribution in [0.3, 0.4) is 0 Å². The summed E-state index contributed by atoms with van der Waals surface area (Å²) >= 11 is 0. The fourth-order valence-corrected chi connectivity index (χ4v) is 2.38. The number of benzene rings is 2. The predicted molar refractivity (Wildman–Crippen MR) is 91.5 cm³/mol. The van der Waals surface area contributed by atoms with E-state index in [1.807, 2.05) is 30.3 Å². The molecular formula is C19H23NO3. The molecule has 2 aromatic rings. The average Bonchev–Trinajstić information content (AvgIpc) is 2.59. The Morgan fingerprint density at radius 3 is 2.57 bits per heavy atom. The van der Waals surface area contributed by atoms with Gasteiger partial charge in [-0.1, -0.05) is 24.3 Å². The lowest BCUT2D eigenvalue weighted by molar-refractivity contribution is -0.116. The van der Waals surface area contributed by atoms with E-state index in [4.69, 9.17) is 9.84 Å². The van der Waals surface area contributed by atoms with E-state index >= 15 is 0 Å². The number of carbonyl (C=O) groups excluding carboxylic acids is 1. The van der Waals surface area contributed by atoms with Gasteiger partial charge in [0.2, 0.25) is 5.91 Å². The van der Waals surface area contributed by atoms with Crippen molar-refractivity contribution in [1.29, 1.82) is 0 Å². The van der Waals surface area contributed by atoms with Crippen molar-refractivity contribution in [3.05, 3.63) is 59.7 Å². The van der Waals surface area contributed by atoms with Gasteiger partial charge in [-0.3, -0.25) is 4.79 Å². The molecule has 4 heteroatoms. The summed E-state index contributed by atoms with van der Waals surface area (Å²) in [6.45, 7) is -0.0223. The molecule has 0 unspecified atom stereocenters. The third-order valence-corrected chi connectivity index (χ3v) is 3.67. The number of rotatable bonds is 8. The van der Waals surface area contributed by atoms with E-state index in [1.54, 1.807) is 13.2 Å². The summed E-state index contributed by atoms with van der Waals surface area (Å²) in [5, 5.41) is 12.0. The number of carbonyl (C=O) groups is 1. The van der Waals surface area contributed by atoms with Crippen molar-refractivity contribution in [3.8, 4) is 5.75 Å². The van der Waals surface area contributed by atoms with Gasteiger partial charge in [-0.2, -0.15) is 0 Å². The maximum Gasteiger partial charge on any atom is 0.224 e. The number of hydrogen-bond donors (Lipinski definition) is 2. The fourth-order valence-electron chi connectivity index (χ4n) is 2.38. The van der Waals surface area contributed by atoms with Crippen LogP contribution in [0.15, 0.2) is 48.5 Å². The van der Waals surface area contributed by atoms with E-state index in [9.17, 15) is 4.79 Å². The Kier molecular flexibility index (Phi) is 6.63. The van der Waals surface area contributed by atoms with Crippen LogP contribution in [-0.2, 0) is 17.8 Å². The summed E-state index contributed by atoms with van der Waals surface area (Å²) < 4.78 is 5.13. The molecule has 0 fully saturated rings. The largest absolute Gasteiger partial charge is 0.497 e. The molecule has 2 aromatic carbocycles. The van der Waals surface area contributed by atoms with Crippen molar-refractivity contribution in [1.82, 2.24) is 0 Å². The standard InChI is InChI=1S/C19H23NO3/c1-23-18-11-9-15(10-12-18)5-2-3-8-19(22)20-17-7-4-6-16(13-17)14-21/h4,6-7,9-13,21H,2-3,5,8,14H2,1H3,(H,20,22). The second-order valence-electron chi connectivity index (χ2n) is 5.46. The smallest absolute Gasteiger partial charge is 0.224 e. The highest BCUT2D eigenvalue weighted by molar-refractivity contribution is 5.90. The van der Waals surface area contributed by atoms with Crippen LogP contribution in [0, 0.1) is 0 Å². The Labute approximate surface area is 137 Å². The highest BCUT2D eigenvalue weighted by Crippen LogP contribution is 2.14. The van der Waals surface area contributed by atoms with Gasteiger partial charge in [0.05, 0.1) is 13.7 Å². The third kappa shape index (κ3) is 5.75. The van der Waals surface area contributed by atoms with Crippen molar-refractivity contribution in [2.24, 2.45) is 0 Å². The van der Waals surface area contributed by atoms with Gasteiger partial charge in [0.15, 0.2) is 0 Å². The first-order valence-electron chi connectivity index (χ1n) is 7.84. The van der Waals surface area contributed by atoms with E-state index in [2.05, 4.69) is 17.4 Å². The van der Waals surface area contributed by atoms with Crippen LogP contribution < -0.4 is 10.1 Å². The number of aliphatic hydroxyl groups excluding tert-OH is 1. The van der Waals surface area contributed by atoms with Crippen molar-refractivity contribution in [2.75, 3.05) is 12.4 Å². The molecule has 0 aliphatic carbocycles. The quantitative estimate of drug-likeness (QED) is 0.733. The lowest BCUT2D eigenvalue weighted by atomic mass is 10.1. The van der Waals surface area contributed by atoms with Crippen molar-refractivity contribution in [3.63, 3.8) is 0 Å². The number of methoxy groups -OCH3 is 1. The lowest BCUT2D eigenvalue weighted by Crippen LogP contribution is -2.11. The Morgan fingerprint density at radius 2 is 1.87 bits per heavy atom. The minimum atomic E-state index is -0.0223. The molecule has 2 rings (SSSR count). The van der Waals surface area contributed by atoms with Gasteiger partial charge in [-0.15, -0.1) is 0 Å². The zero-order valence-corrected chi connectivity index (χ0v) is 13.4. The molecule has 0 saturated carbocycles. The zero-order chi connectivity index (χ0) is 16.5. The zero-order valence-electron chi connectivity index (χ0n) is 13.4. The minimum Gasteiger partial charge on any atom is -0.497 e. The molecule has 1 amide bonds. The molecule has 0 atom stereocenters. The van der Waals surface area contributed by atoms with Crippen LogP contribution in [0.25, 0.3) is 0 Å². The van der Waals surface area contributed by atoms with Gasteiger partial charge in [0.25, 0.3) is 0 Å². The average molecular weight is 313 g/mol. The van der Waals surface area contributed by atoms with Crippen molar-refractivity contribution < 1.29 is 14.6 Å². The van der Waals surface area contributed by atoms with E-state index < -0.39 is 0 Å².